The number of hydrogen-bond donors (Lipinski definition) is 1. The first kappa shape index (κ1) is 22.6. The minimum atomic E-state index is -0.478. The maximum absolute atomic E-state index is 12.7. The molecule has 0 radical (unpaired) electrons. The summed E-state index contributed by atoms with van der Waals surface area (Å²) in [6, 6.07) is 20.8. The zero-order chi connectivity index (χ0) is 24.1. The van der Waals surface area contributed by atoms with Crippen LogP contribution in [0.1, 0.15) is 15.9 Å². The Morgan fingerprint density at radius 3 is 2.38 bits per heavy atom. The number of ether oxygens (including phenoxy) is 1. The molecule has 3 aromatic rings. The molecule has 172 valence electrons. The van der Waals surface area contributed by atoms with Crippen LogP contribution in [0.2, 0.25) is 0 Å². The van der Waals surface area contributed by atoms with Crippen LogP contribution in [-0.2, 0) is 0 Å². The third kappa shape index (κ3) is 4.91. The summed E-state index contributed by atoms with van der Waals surface area (Å²) < 4.78 is 5.21. The molecule has 0 unspecified atom stereocenters. The first-order valence-corrected chi connectivity index (χ1v) is 10.7. The summed E-state index contributed by atoms with van der Waals surface area (Å²) in [4.78, 5) is 28.2. The minimum Gasteiger partial charge on any atom is -0.497 e. The first-order valence-electron chi connectivity index (χ1n) is 10.7. The van der Waals surface area contributed by atoms with E-state index in [4.69, 9.17) is 10.00 Å². The van der Waals surface area contributed by atoms with Gasteiger partial charge in [0.05, 0.1) is 23.7 Å². The van der Waals surface area contributed by atoms with E-state index in [2.05, 4.69) is 10.2 Å². The topological polar surface area (TPSA) is 112 Å². The summed E-state index contributed by atoms with van der Waals surface area (Å²) >= 11 is 0. The number of hydrogen-bond acceptors (Lipinski definition) is 7. The Hall–Kier alpha value is -4.58. The number of nitrogens with one attached hydrogen (secondary N) is 1. The van der Waals surface area contributed by atoms with Gasteiger partial charge in [0.1, 0.15) is 11.4 Å². The van der Waals surface area contributed by atoms with Crippen LogP contribution in [0.25, 0.3) is 0 Å². The zero-order valence-corrected chi connectivity index (χ0v) is 18.6. The van der Waals surface area contributed by atoms with E-state index in [0.717, 1.165) is 11.4 Å². The van der Waals surface area contributed by atoms with Gasteiger partial charge in [0.15, 0.2) is 0 Å². The molecule has 34 heavy (non-hydrogen) atoms. The Morgan fingerprint density at radius 2 is 1.74 bits per heavy atom. The van der Waals surface area contributed by atoms with Crippen LogP contribution in [-0.4, -0.2) is 44.1 Å². The van der Waals surface area contributed by atoms with Gasteiger partial charge in [0.25, 0.3) is 11.6 Å². The number of carbonyl (C=O) groups is 1. The van der Waals surface area contributed by atoms with Crippen LogP contribution in [0.5, 0.6) is 5.75 Å². The largest absolute Gasteiger partial charge is 0.497 e. The highest BCUT2D eigenvalue weighted by atomic mass is 16.6. The molecule has 0 bridgehead atoms. The van der Waals surface area contributed by atoms with Gasteiger partial charge >= 0.3 is 0 Å². The van der Waals surface area contributed by atoms with E-state index < -0.39 is 10.8 Å². The van der Waals surface area contributed by atoms with Crippen LogP contribution in [0, 0.1) is 21.4 Å². The Labute approximate surface area is 196 Å². The number of carbonyl (C=O) groups excluding carboxylic acids is 1. The summed E-state index contributed by atoms with van der Waals surface area (Å²) in [5.41, 5.74) is 2.48. The van der Waals surface area contributed by atoms with Crippen LogP contribution in [0.3, 0.4) is 0 Å². The van der Waals surface area contributed by atoms with Crippen molar-refractivity contribution in [2.45, 2.75) is 0 Å². The monoisotopic (exact) mass is 457 g/mol. The lowest BCUT2D eigenvalue weighted by atomic mass is 10.1. The second-order valence-electron chi connectivity index (χ2n) is 7.78. The Bertz CT molecular complexity index is 1240. The zero-order valence-electron chi connectivity index (χ0n) is 18.6. The Morgan fingerprint density at radius 1 is 1.03 bits per heavy atom. The molecular weight excluding hydrogens is 434 g/mol. The normalized spacial score (nSPS) is 13.2. The van der Waals surface area contributed by atoms with Crippen molar-refractivity contribution in [1.29, 1.82) is 5.26 Å². The molecule has 1 saturated heterocycles. The molecule has 0 spiro atoms. The standard InChI is InChI=1S/C25H23N5O4/c1-34-22-8-6-21(7-9-22)28-11-13-29(14-12-28)23-10-5-19(16-24(23)30(32)33)25(31)27-20-4-2-3-18(15-20)17-26/h2-10,15-16H,11-14H2,1H3,(H,27,31). The fraction of sp³-hybridized carbons (Fsp3) is 0.200. The number of methoxy groups -OCH3 is 1. The SMILES string of the molecule is COc1ccc(N2CCN(c3ccc(C(=O)Nc4cccc(C#N)c4)cc3[N+](=O)[O-])CC2)cc1. The Balaban J connectivity index is 1.48. The highest BCUT2D eigenvalue weighted by molar-refractivity contribution is 6.05. The van der Waals surface area contributed by atoms with Crippen molar-refractivity contribution < 1.29 is 14.5 Å². The minimum absolute atomic E-state index is 0.115. The molecule has 1 fully saturated rings. The molecule has 0 aliphatic carbocycles. The molecule has 0 aromatic heterocycles. The van der Waals surface area contributed by atoms with Gasteiger partial charge in [-0.05, 0) is 54.6 Å². The second-order valence-corrected chi connectivity index (χ2v) is 7.78. The summed E-state index contributed by atoms with van der Waals surface area (Å²) in [7, 11) is 1.63. The van der Waals surface area contributed by atoms with Crippen molar-refractivity contribution in [1.82, 2.24) is 0 Å². The molecular formula is C25H23N5O4. The number of amides is 1. The first-order chi connectivity index (χ1) is 16.5. The number of anilines is 3. The maximum atomic E-state index is 12.7. The molecule has 9 nitrogen and oxygen atoms in total. The second kappa shape index (κ2) is 9.92. The molecule has 4 rings (SSSR count). The third-order valence-electron chi connectivity index (χ3n) is 5.74. The van der Waals surface area contributed by atoms with Crippen molar-refractivity contribution in [3.05, 3.63) is 88.0 Å². The van der Waals surface area contributed by atoms with Gasteiger partial charge in [-0.1, -0.05) is 6.07 Å². The van der Waals surface area contributed by atoms with Crippen LogP contribution < -0.4 is 19.9 Å². The van der Waals surface area contributed by atoms with Crippen molar-refractivity contribution >= 4 is 28.7 Å². The number of nitrogens with zero attached hydrogens (tertiary/aromatic N) is 4. The van der Waals surface area contributed by atoms with E-state index in [1.165, 1.54) is 6.07 Å². The van der Waals surface area contributed by atoms with E-state index in [9.17, 15) is 14.9 Å². The molecule has 0 saturated carbocycles. The van der Waals surface area contributed by atoms with E-state index in [1.54, 1.807) is 43.5 Å². The van der Waals surface area contributed by atoms with Gasteiger partial charge in [-0.2, -0.15) is 5.26 Å². The predicted molar refractivity (Wildman–Crippen MR) is 130 cm³/mol. The van der Waals surface area contributed by atoms with E-state index in [-0.39, 0.29) is 11.3 Å². The molecule has 3 aromatic carbocycles. The van der Waals surface area contributed by atoms with Gasteiger partial charge in [-0.15, -0.1) is 0 Å². The molecule has 9 heteroatoms. The average Bonchev–Trinajstić information content (AvgIpc) is 2.88. The smallest absolute Gasteiger partial charge is 0.293 e. The number of nitro groups is 1. The van der Waals surface area contributed by atoms with Gasteiger partial charge in [0.2, 0.25) is 0 Å². The molecule has 1 N–H and O–H groups in total. The summed E-state index contributed by atoms with van der Waals surface area (Å²) in [6.45, 7) is 2.64. The van der Waals surface area contributed by atoms with Crippen molar-refractivity contribution in [2.24, 2.45) is 0 Å². The highest BCUT2D eigenvalue weighted by Crippen LogP contribution is 2.31. The predicted octanol–water partition coefficient (Wildman–Crippen LogP) is 4.05. The van der Waals surface area contributed by atoms with Gasteiger partial charge in [-0.3, -0.25) is 14.9 Å². The average molecular weight is 457 g/mol. The molecule has 1 aliphatic rings. The Kier molecular flexibility index (Phi) is 6.59. The number of rotatable bonds is 6. The van der Waals surface area contributed by atoms with E-state index in [0.29, 0.717) is 43.1 Å². The number of piperazine rings is 1. The lowest BCUT2D eigenvalue weighted by Gasteiger charge is -2.37. The highest BCUT2D eigenvalue weighted by Gasteiger charge is 2.25. The van der Waals surface area contributed by atoms with Crippen LogP contribution >= 0.6 is 0 Å². The summed E-state index contributed by atoms with van der Waals surface area (Å²) in [5, 5.41) is 23.5. The molecule has 1 aliphatic heterocycles. The summed E-state index contributed by atoms with van der Waals surface area (Å²) in [5.74, 6) is 0.314. The van der Waals surface area contributed by atoms with Crippen molar-refractivity contribution in [2.75, 3.05) is 48.4 Å². The number of nitriles is 1. The molecule has 1 heterocycles. The van der Waals surface area contributed by atoms with Gasteiger partial charge in [-0.25, -0.2) is 0 Å². The lowest BCUT2D eigenvalue weighted by Crippen LogP contribution is -2.46. The quantitative estimate of drug-likeness (QED) is 0.439. The summed E-state index contributed by atoms with van der Waals surface area (Å²) in [6.07, 6.45) is 0. The maximum Gasteiger partial charge on any atom is 0.293 e. The van der Waals surface area contributed by atoms with E-state index in [1.807, 2.05) is 35.2 Å². The fourth-order valence-electron chi connectivity index (χ4n) is 3.95. The van der Waals surface area contributed by atoms with E-state index >= 15 is 0 Å². The van der Waals surface area contributed by atoms with Gasteiger partial charge in [0, 0.05) is 49.2 Å². The number of nitro benzene ring substituents is 1. The van der Waals surface area contributed by atoms with Crippen molar-refractivity contribution in [3.63, 3.8) is 0 Å². The van der Waals surface area contributed by atoms with Crippen LogP contribution in [0.4, 0.5) is 22.7 Å². The lowest BCUT2D eigenvalue weighted by molar-refractivity contribution is -0.384. The number of benzene rings is 3. The van der Waals surface area contributed by atoms with Gasteiger partial charge < -0.3 is 19.9 Å². The van der Waals surface area contributed by atoms with Crippen molar-refractivity contribution in [3.8, 4) is 11.8 Å². The molecule has 0 atom stereocenters. The van der Waals surface area contributed by atoms with Crippen LogP contribution in [0.15, 0.2) is 66.7 Å². The molecule has 1 amide bonds. The third-order valence-corrected chi connectivity index (χ3v) is 5.74. The fourth-order valence-corrected chi connectivity index (χ4v) is 3.95.